The average molecular weight is 623 g/mol. The molecule has 11 nitrogen and oxygen atoms in total. The van der Waals surface area contributed by atoms with Gasteiger partial charge in [0.2, 0.25) is 0 Å². The van der Waals surface area contributed by atoms with Gasteiger partial charge >= 0.3 is 5.97 Å². The lowest BCUT2D eigenvalue weighted by molar-refractivity contribution is 0.0597. The Labute approximate surface area is 243 Å². The zero-order chi connectivity index (χ0) is 30.7. The number of hydrogen-bond donors (Lipinski definition) is 0. The normalized spacial score (nSPS) is 18.0. The molecule has 226 valence electrons. The highest BCUT2D eigenvalue weighted by molar-refractivity contribution is 7.91. The quantitative estimate of drug-likeness (QED) is 0.159. The molecular weight excluding hydrogens is 591 g/mol. The number of carbonyl (C=O) groups is 1. The molecule has 0 bridgehead atoms. The summed E-state index contributed by atoms with van der Waals surface area (Å²) in [6.45, 7) is 3.33. The Bertz CT molecular complexity index is 1760. The number of hydrogen-bond acceptors (Lipinski definition) is 10. The van der Waals surface area contributed by atoms with Crippen LogP contribution in [0.25, 0.3) is 11.0 Å². The van der Waals surface area contributed by atoms with Crippen molar-refractivity contribution in [3.05, 3.63) is 78.1 Å². The van der Waals surface area contributed by atoms with E-state index in [1.54, 1.807) is 38.1 Å². The van der Waals surface area contributed by atoms with Crippen LogP contribution in [0.4, 0.5) is 4.39 Å². The highest BCUT2D eigenvalue weighted by Gasteiger charge is 2.46. The highest BCUT2D eigenvalue weighted by Crippen LogP contribution is 2.38. The lowest BCUT2D eigenvalue weighted by Gasteiger charge is -2.34. The summed E-state index contributed by atoms with van der Waals surface area (Å²) >= 11 is 0. The summed E-state index contributed by atoms with van der Waals surface area (Å²) in [7, 11) is -6.48. The monoisotopic (exact) mass is 622 g/mol. The van der Waals surface area contributed by atoms with Crippen molar-refractivity contribution in [1.29, 1.82) is 0 Å². The topological polar surface area (TPSA) is 140 Å². The molecule has 0 N–H and O–H groups in total. The Morgan fingerprint density at radius 2 is 1.95 bits per heavy atom. The number of halogens is 1. The van der Waals surface area contributed by atoms with Crippen LogP contribution in [0, 0.1) is 5.82 Å². The van der Waals surface area contributed by atoms with Crippen LogP contribution in [0.1, 0.15) is 43.5 Å². The molecule has 1 aromatic carbocycles. The van der Waals surface area contributed by atoms with Crippen LogP contribution in [0.5, 0.6) is 11.5 Å². The lowest BCUT2D eigenvalue weighted by atomic mass is 9.99. The maximum atomic E-state index is 14.1. The predicted molar refractivity (Wildman–Crippen MR) is 153 cm³/mol. The second kappa shape index (κ2) is 12.2. The maximum absolute atomic E-state index is 14.1. The molecule has 0 amide bonds. The number of carbonyl (C=O) groups excluding carboxylic acids is 1. The average Bonchev–Trinajstić information content (AvgIpc) is 3.36. The summed E-state index contributed by atoms with van der Waals surface area (Å²) in [6.07, 6.45) is 9.24. The fourth-order valence-corrected chi connectivity index (χ4v) is 6.54. The van der Waals surface area contributed by atoms with Gasteiger partial charge in [0.1, 0.15) is 33.4 Å². The molecule has 2 heterocycles. The van der Waals surface area contributed by atoms with E-state index in [9.17, 15) is 26.0 Å². The second-order valence-electron chi connectivity index (χ2n) is 9.93. The van der Waals surface area contributed by atoms with Crippen molar-refractivity contribution in [1.82, 2.24) is 8.96 Å². The van der Waals surface area contributed by atoms with E-state index in [2.05, 4.69) is 4.98 Å². The third-order valence-corrected chi connectivity index (χ3v) is 9.58. The van der Waals surface area contributed by atoms with Crippen molar-refractivity contribution in [3.8, 4) is 11.5 Å². The van der Waals surface area contributed by atoms with Gasteiger partial charge in [-0.3, -0.25) is 4.18 Å². The van der Waals surface area contributed by atoms with Gasteiger partial charge in [-0.05, 0) is 63.5 Å². The number of aromatic nitrogens is 2. The first-order valence-electron chi connectivity index (χ1n) is 12.9. The molecule has 0 saturated carbocycles. The highest BCUT2D eigenvalue weighted by atomic mass is 32.2. The largest absolute Gasteiger partial charge is 0.493 e. The molecule has 2 aromatic heterocycles. The smallest absolute Gasteiger partial charge is 0.341 e. The maximum Gasteiger partial charge on any atom is 0.341 e. The molecule has 0 spiro atoms. The lowest BCUT2D eigenvalue weighted by Crippen LogP contribution is -2.43. The molecule has 0 radical (unpaired) electrons. The van der Waals surface area contributed by atoms with Gasteiger partial charge in [0, 0.05) is 17.6 Å². The molecule has 1 aliphatic carbocycles. The van der Waals surface area contributed by atoms with Gasteiger partial charge in [-0.1, -0.05) is 12.2 Å². The molecule has 1 aliphatic rings. The summed E-state index contributed by atoms with van der Waals surface area (Å²) in [5.74, 6) is -1.03. The van der Waals surface area contributed by atoms with Gasteiger partial charge in [-0.15, -0.1) is 0 Å². The number of allylic oxidation sites excluding steroid dienone is 3. The number of benzene rings is 1. The van der Waals surface area contributed by atoms with Crippen LogP contribution in [0.3, 0.4) is 0 Å². The zero-order valence-electron chi connectivity index (χ0n) is 23.4. The van der Waals surface area contributed by atoms with E-state index in [1.807, 2.05) is 0 Å². The fourth-order valence-electron chi connectivity index (χ4n) is 4.41. The van der Waals surface area contributed by atoms with Gasteiger partial charge < -0.3 is 14.2 Å². The Kier molecular flexibility index (Phi) is 9.09. The van der Waals surface area contributed by atoms with Crippen LogP contribution in [-0.4, -0.2) is 62.6 Å². The molecule has 1 unspecified atom stereocenters. The van der Waals surface area contributed by atoms with Crippen molar-refractivity contribution in [2.75, 3.05) is 20.0 Å². The van der Waals surface area contributed by atoms with Crippen molar-refractivity contribution in [2.24, 2.45) is 0 Å². The van der Waals surface area contributed by atoms with Gasteiger partial charge in [0.15, 0.2) is 5.65 Å². The summed E-state index contributed by atoms with van der Waals surface area (Å²) in [4.78, 5) is 16.4. The Hall–Kier alpha value is -3.75. The van der Waals surface area contributed by atoms with E-state index in [4.69, 9.17) is 18.4 Å². The molecule has 0 saturated heterocycles. The van der Waals surface area contributed by atoms with E-state index in [0.29, 0.717) is 18.2 Å². The van der Waals surface area contributed by atoms with Crippen molar-refractivity contribution in [3.63, 3.8) is 0 Å². The van der Waals surface area contributed by atoms with E-state index in [0.717, 1.165) is 22.4 Å². The van der Waals surface area contributed by atoms with E-state index in [1.165, 1.54) is 31.6 Å². The molecule has 42 heavy (non-hydrogen) atoms. The van der Waals surface area contributed by atoms with Crippen molar-refractivity contribution >= 4 is 37.1 Å². The molecule has 14 heteroatoms. The van der Waals surface area contributed by atoms with E-state index < -0.39 is 42.8 Å². The summed E-state index contributed by atoms with van der Waals surface area (Å²) in [6, 6.07) is 6.46. The summed E-state index contributed by atoms with van der Waals surface area (Å²) < 4.78 is 85.3. The fraction of sp³-hybridized carbons (Fsp3) is 0.357. The first kappa shape index (κ1) is 31.2. The molecule has 2 atom stereocenters. The minimum absolute atomic E-state index is 0.00298. The van der Waals surface area contributed by atoms with Crippen LogP contribution in [0.2, 0.25) is 0 Å². The van der Waals surface area contributed by atoms with Crippen molar-refractivity contribution < 1.29 is 44.4 Å². The number of rotatable bonds is 12. The minimum Gasteiger partial charge on any atom is -0.493 e. The number of ether oxygens (including phenoxy) is 3. The van der Waals surface area contributed by atoms with E-state index in [-0.39, 0.29) is 41.5 Å². The number of nitrogens with zero attached hydrogens (tertiary/aromatic N) is 2. The third-order valence-electron chi connectivity index (χ3n) is 6.67. The Morgan fingerprint density at radius 1 is 1.19 bits per heavy atom. The number of methoxy groups -OCH3 is 1. The standard InChI is InChI=1S/C28H31FN2O9S2/c1-19(8-7-15-38-41(4,33)34)39-25-9-5-6-13-28(25,2)42(35,36)31-14-12-20-16-22(18-30-26(20)31)40-24-17-21(29)10-11-23(24)27(32)37-3/h5-6,9-12,14,16-19H,7-8,13,15H2,1-4H3/t19?,28-/m0/s1. The second-order valence-corrected chi connectivity index (χ2v) is 13.8. The predicted octanol–water partition coefficient (Wildman–Crippen LogP) is 4.70. The Balaban J connectivity index is 1.57. The zero-order valence-corrected chi connectivity index (χ0v) is 25.1. The number of fused-ring (bicyclic) bond motifs is 1. The summed E-state index contributed by atoms with van der Waals surface area (Å²) in [5, 5.41) is 0.424. The minimum atomic E-state index is -4.13. The molecule has 0 fully saturated rings. The SMILES string of the molecule is COC(=O)c1ccc(F)cc1Oc1cnc2c(ccn2S(=O)(=O)[C@@]2(C)CC=CC=C2OC(C)CCCOS(C)(=O)=O)c1. The van der Waals surface area contributed by atoms with Gasteiger partial charge in [0.25, 0.3) is 20.1 Å². The van der Waals surface area contributed by atoms with Crippen LogP contribution < -0.4 is 4.74 Å². The first-order chi connectivity index (χ1) is 19.7. The molecule has 4 rings (SSSR count). The van der Waals surface area contributed by atoms with Crippen LogP contribution in [0.15, 0.2) is 66.7 Å². The van der Waals surface area contributed by atoms with Crippen LogP contribution in [-0.2, 0) is 33.8 Å². The van der Waals surface area contributed by atoms with Gasteiger partial charge in [0.05, 0.1) is 32.3 Å². The number of pyridine rings is 1. The van der Waals surface area contributed by atoms with Gasteiger partial charge in [-0.25, -0.2) is 26.6 Å². The number of esters is 1. The summed E-state index contributed by atoms with van der Waals surface area (Å²) in [5.41, 5.74) is 0.143. The molecule has 0 aliphatic heterocycles. The Morgan fingerprint density at radius 3 is 2.67 bits per heavy atom. The first-order valence-corrected chi connectivity index (χ1v) is 16.2. The molecular formula is C28H31FN2O9S2. The molecule has 3 aromatic rings. The van der Waals surface area contributed by atoms with Crippen LogP contribution >= 0.6 is 0 Å². The van der Waals surface area contributed by atoms with E-state index >= 15 is 0 Å². The third kappa shape index (κ3) is 6.66. The van der Waals surface area contributed by atoms with Gasteiger partial charge in [-0.2, -0.15) is 8.42 Å². The van der Waals surface area contributed by atoms with Crippen molar-refractivity contribution in [2.45, 2.75) is 44.0 Å².